The molecule has 0 N–H and O–H groups in total. The van der Waals surface area contributed by atoms with E-state index in [4.69, 9.17) is 0 Å². The lowest BCUT2D eigenvalue weighted by molar-refractivity contribution is 0.167. The molecule has 7 heteroatoms. The minimum atomic E-state index is -0.191. The Morgan fingerprint density at radius 3 is 2.33 bits per heavy atom. The molecule has 1 fully saturated rings. The van der Waals surface area contributed by atoms with Crippen molar-refractivity contribution in [2.45, 2.75) is 39.3 Å². The van der Waals surface area contributed by atoms with Crippen molar-refractivity contribution in [3.8, 4) is 0 Å². The molecular formula is C17H25FN6. The fourth-order valence-electron chi connectivity index (χ4n) is 3.34. The third kappa shape index (κ3) is 3.40. The zero-order chi connectivity index (χ0) is 17.1. The second kappa shape index (κ2) is 7.25. The predicted molar refractivity (Wildman–Crippen MR) is 91.4 cm³/mol. The number of nitrogens with zero attached hydrogens (tertiary/aromatic N) is 6. The van der Waals surface area contributed by atoms with Crippen LogP contribution in [0.3, 0.4) is 0 Å². The van der Waals surface area contributed by atoms with Crippen molar-refractivity contribution in [1.82, 2.24) is 25.1 Å². The van der Waals surface area contributed by atoms with Crippen LogP contribution in [-0.2, 0) is 0 Å². The number of hydrogen-bond acceptors (Lipinski definition) is 5. The summed E-state index contributed by atoms with van der Waals surface area (Å²) in [6.07, 6.45) is 0.976. The van der Waals surface area contributed by atoms with Crippen molar-refractivity contribution >= 4 is 5.69 Å². The van der Waals surface area contributed by atoms with Crippen molar-refractivity contribution in [1.29, 1.82) is 0 Å². The van der Waals surface area contributed by atoms with E-state index in [0.29, 0.717) is 0 Å². The molecule has 1 aromatic carbocycles. The molecule has 3 rings (SSSR count). The van der Waals surface area contributed by atoms with Gasteiger partial charge in [0.2, 0.25) is 0 Å². The maximum atomic E-state index is 13.1. The van der Waals surface area contributed by atoms with Gasteiger partial charge in [0, 0.05) is 31.9 Å². The van der Waals surface area contributed by atoms with E-state index in [1.807, 2.05) is 16.8 Å². The number of aromatic nitrogens is 4. The highest BCUT2D eigenvalue weighted by atomic mass is 19.1. The van der Waals surface area contributed by atoms with E-state index in [0.717, 1.165) is 44.1 Å². The number of rotatable bonds is 5. The summed E-state index contributed by atoms with van der Waals surface area (Å²) in [6, 6.07) is 7.23. The Kier molecular flexibility index (Phi) is 5.08. The van der Waals surface area contributed by atoms with E-state index >= 15 is 0 Å². The smallest absolute Gasteiger partial charge is 0.168 e. The summed E-state index contributed by atoms with van der Waals surface area (Å²) >= 11 is 0. The Bertz CT molecular complexity index is 645. The van der Waals surface area contributed by atoms with Crippen molar-refractivity contribution in [2.24, 2.45) is 0 Å². The molecule has 2 aromatic rings. The summed E-state index contributed by atoms with van der Waals surface area (Å²) in [5, 5.41) is 12.3. The van der Waals surface area contributed by atoms with E-state index in [9.17, 15) is 4.39 Å². The van der Waals surface area contributed by atoms with Crippen molar-refractivity contribution < 1.29 is 4.39 Å². The standard InChI is InChI=1S/C17H25FN6/c1-4-16(17-19-20-21-24(17)13(2)3)23-11-9-22(10-12-23)15-7-5-14(18)6-8-15/h5-8,13,16H,4,9-12H2,1-3H3. The summed E-state index contributed by atoms with van der Waals surface area (Å²) in [5.74, 6) is 0.756. The van der Waals surface area contributed by atoms with E-state index in [-0.39, 0.29) is 17.9 Å². The van der Waals surface area contributed by atoms with Gasteiger partial charge in [-0.3, -0.25) is 4.90 Å². The van der Waals surface area contributed by atoms with E-state index in [1.165, 1.54) is 12.1 Å². The largest absolute Gasteiger partial charge is 0.369 e. The molecule has 0 amide bonds. The highest BCUT2D eigenvalue weighted by Crippen LogP contribution is 2.26. The van der Waals surface area contributed by atoms with Crippen molar-refractivity contribution in [2.75, 3.05) is 31.1 Å². The van der Waals surface area contributed by atoms with Crippen LogP contribution in [0.5, 0.6) is 0 Å². The van der Waals surface area contributed by atoms with Crippen LogP contribution < -0.4 is 4.90 Å². The van der Waals surface area contributed by atoms with Gasteiger partial charge in [0.1, 0.15) is 5.82 Å². The van der Waals surface area contributed by atoms with Gasteiger partial charge in [0.25, 0.3) is 0 Å². The molecule has 0 spiro atoms. The molecule has 0 saturated carbocycles. The summed E-state index contributed by atoms with van der Waals surface area (Å²) in [5.41, 5.74) is 1.08. The SMILES string of the molecule is CCC(c1nnnn1C(C)C)N1CCN(c2ccc(F)cc2)CC1. The Hall–Kier alpha value is -2.02. The van der Waals surface area contributed by atoms with Crippen LogP contribution in [-0.4, -0.2) is 51.3 Å². The van der Waals surface area contributed by atoms with Gasteiger partial charge in [-0.15, -0.1) is 5.10 Å². The van der Waals surface area contributed by atoms with Gasteiger partial charge in [-0.25, -0.2) is 9.07 Å². The number of tetrazole rings is 1. The predicted octanol–water partition coefficient (Wildman–Crippen LogP) is 2.67. The first-order valence-corrected chi connectivity index (χ1v) is 8.62. The molecule has 24 heavy (non-hydrogen) atoms. The average molecular weight is 332 g/mol. The third-order valence-corrected chi connectivity index (χ3v) is 4.64. The van der Waals surface area contributed by atoms with E-state index in [1.54, 1.807) is 0 Å². The van der Waals surface area contributed by atoms with Gasteiger partial charge >= 0.3 is 0 Å². The fourth-order valence-corrected chi connectivity index (χ4v) is 3.34. The molecule has 6 nitrogen and oxygen atoms in total. The van der Waals surface area contributed by atoms with E-state index in [2.05, 4.69) is 46.1 Å². The maximum Gasteiger partial charge on any atom is 0.168 e. The fraction of sp³-hybridized carbons (Fsp3) is 0.588. The third-order valence-electron chi connectivity index (χ3n) is 4.64. The summed E-state index contributed by atoms with van der Waals surface area (Å²) in [7, 11) is 0. The van der Waals surface area contributed by atoms with Gasteiger partial charge in [0.05, 0.1) is 12.1 Å². The van der Waals surface area contributed by atoms with E-state index < -0.39 is 0 Å². The molecule has 0 bridgehead atoms. The Morgan fingerprint density at radius 1 is 1.08 bits per heavy atom. The molecular weight excluding hydrogens is 307 g/mol. The first-order chi connectivity index (χ1) is 11.6. The highest BCUT2D eigenvalue weighted by molar-refractivity contribution is 5.46. The lowest BCUT2D eigenvalue weighted by atomic mass is 10.1. The van der Waals surface area contributed by atoms with Crippen LogP contribution >= 0.6 is 0 Å². The van der Waals surface area contributed by atoms with Crippen molar-refractivity contribution in [3.63, 3.8) is 0 Å². The minimum Gasteiger partial charge on any atom is -0.369 e. The van der Waals surface area contributed by atoms with Gasteiger partial charge in [-0.1, -0.05) is 6.92 Å². The monoisotopic (exact) mass is 332 g/mol. The molecule has 1 unspecified atom stereocenters. The van der Waals surface area contributed by atoms with Gasteiger partial charge in [-0.2, -0.15) is 0 Å². The molecule has 1 aliphatic heterocycles. The molecule has 2 heterocycles. The maximum absolute atomic E-state index is 13.1. The summed E-state index contributed by atoms with van der Waals surface area (Å²) in [6.45, 7) is 10.1. The number of halogens is 1. The zero-order valence-corrected chi connectivity index (χ0v) is 14.6. The molecule has 1 aliphatic rings. The van der Waals surface area contributed by atoms with Crippen LogP contribution in [0.15, 0.2) is 24.3 Å². The minimum absolute atomic E-state index is 0.191. The average Bonchev–Trinajstić information content (AvgIpc) is 3.07. The first kappa shape index (κ1) is 16.8. The summed E-state index contributed by atoms with van der Waals surface area (Å²) in [4.78, 5) is 4.75. The van der Waals surface area contributed by atoms with Gasteiger partial charge < -0.3 is 4.90 Å². The molecule has 1 saturated heterocycles. The van der Waals surface area contributed by atoms with Crippen LogP contribution in [0.25, 0.3) is 0 Å². The number of anilines is 1. The normalized spacial score (nSPS) is 17.5. The Labute approximate surface area is 142 Å². The molecule has 130 valence electrons. The topological polar surface area (TPSA) is 50.1 Å². The zero-order valence-electron chi connectivity index (χ0n) is 14.6. The lowest BCUT2D eigenvalue weighted by Crippen LogP contribution is -2.48. The van der Waals surface area contributed by atoms with Crippen molar-refractivity contribution in [3.05, 3.63) is 35.9 Å². The second-order valence-electron chi connectivity index (χ2n) is 6.50. The first-order valence-electron chi connectivity index (χ1n) is 8.62. The van der Waals surface area contributed by atoms with Gasteiger partial charge in [0.15, 0.2) is 5.82 Å². The molecule has 0 radical (unpaired) electrons. The van der Waals surface area contributed by atoms with Crippen LogP contribution in [0.2, 0.25) is 0 Å². The quantitative estimate of drug-likeness (QED) is 0.842. The molecule has 1 aromatic heterocycles. The Morgan fingerprint density at radius 2 is 1.75 bits per heavy atom. The highest BCUT2D eigenvalue weighted by Gasteiger charge is 2.28. The van der Waals surface area contributed by atoms with Crippen LogP contribution in [0, 0.1) is 5.82 Å². The number of benzene rings is 1. The van der Waals surface area contributed by atoms with Crippen LogP contribution in [0.4, 0.5) is 10.1 Å². The number of piperazine rings is 1. The molecule has 0 aliphatic carbocycles. The lowest BCUT2D eigenvalue weighted by Gasteiger charge is -2.39. The Balaban J connectivity index is 1.68. The second-order valence-corrected chi connectivity index (χ2v) is 6.50. The molecule has 1 atom stereocenters. The summed E-state index contributed by atoms with van der Waals surface area (Å²) < 4.78 is 15.0. The van der Waals surface area contributed by atoms with Gasteiger partial charge in [-0.05, 0) is 55.0 Å². The van der Waals surface area contributed by atoms with Crippen LogP contribution in [0.1, 0.15) is 45.1 Å². The number of hydrogen-bond donors (Lipinski definition) is 0.